The highest BCUT2D eigenvalue weighted by atomic mass is 16.1. The van der Waals surface area contributed by atoms with Crippen molar-refractivity contribution < 1.29 is 4.79 Å². The average molecular weight is 229 g/mol. The van der Waals surface area contributed by atoms with Crippen LogP contribution < -0.4 is 11.5 Å². The van der Waals surface area contributed by atoms with Crippen molar-refractivity contribution in [3.8, 4) is 0 Å². The number of aryl methyl sites for hydroxylation is 1. The van der Waals surface area contributed by atoms with Crippen LogP contribution in [0.2, 0.25) is 0 Å². The zero-order valence-electron chi connectivity index (χ0n) is 9.68. The Hall–Kier alpha value is -2.36. The second-order valence-corrected chi connectivity index (χ2v) is 3.51. The van der Waals surface area contributed by atoms with E-state index in [0.29, 0.717) is 5.56 Å². The third-order valence-corrected chi connectivity index (χ3v) is 2.17. The van der Waals surface area contributed by atoms with Gasteiger partial charge in [-0.25, -0.2) is 0 Å². The third kappa shape index (κ3) is 3.61. The molecule has 0 aliphatic carbocycles. The maximum absolute atomic E-state index is 11.6. The van der Waals surface area contributed by atoms with Crippen LogP contribution in [0.4, 0.5) is 0 Å². The highest BCUT2D eigenvalue weighted by molar-refractivity contribution is 6.02. The lowest BCUT2D eigenvalue weighted by Gasteiger charge is -2.02. The van der Waals surface area contributed by atoms with E-state index < -0.39 is 5.91 Å². The number of hydrogen-bond donors (Lipinski definition) is 2. The van der Waals surface area contributed by atoms with Crippen LogP contribution in [0.5, 0.6) is 0 Å². The van der Waals surface area contributed by atoms with E-state index >= 15 is 0 Å². The molecule has 0 saturated carbocycles. The van der Waals surface area contributed by atoms with Gasteiger partial charge in [-0.3, -0.25) is 4.79 Å². The lowest BCUT2D eigenvalue weighted by Crippen LogP contribution is -2.24. The molecule has 0 saturated heterocycles. The first kappa shape index (κ1) is 12.7. The minimum absolute atomic E-state index is 0.237. The summed E-state index contributed by atoms with van der Waals surface area (Å²) in [7, 11) is 0. The van der Waals surface area contributed by atoms with E-state index in [1.54, 1.807) is 24.3 Å². The number of carbonyl (C=O) groups excluding carboxylic acids is 1. The maximum Gasteiger partial charge on any atom is 0.280 e. The van der Waals surface area contributed by atoms with Crippen molar-refractivity contribution in [1.29, 1.82) is 0 Å². The van der Waals surface area contributed by atoms with Gasteiger partial charge in [0.2, 0.25) is 0 Å². The van der Waals surface area contributed by atoms with Crippen LogP contribution in [0.15, 0.2) is 41.9 Å². The Bertz CT molecular complexity index is 497. The zero-order valence-corrected chi connectivity index (χ0v) is 9.68. The summed E-state index contributed by atoms with van der Waals surface area (Å²) in [4.78, 5) is 15.1. The number of amides is 1. The number of nitrogens with zero attached hydrogens (tertiary/aromatic N) is 1. The van der Waals surface area contributed by atoms with Crippen LogP contribution in [0.25, 0.3) is 6.08 Å². The molecule has 0 spiro atoms. The fraction of sp³-hybridized carbons (Fsp3) is 0.0769. The Morgan fingerprint density at radius 1 is 1.41 bits per heavy atom. The van der Waals surface area contributed by atoms with Gasteiger partial charge in [0.1, 0.15) is 0 Å². The highest BCUT2D eigenvalue weighted by Gasteiger charge is 2.05. The summed E-state index contributed by atoms with van der Waals surface area (Å²) in [6.45, 7) is 5.55. The molecule has 1 amide bonds. The van der Waals surface area contributed by atoms with Crippen molar-refractivity contribution >= 4 is 17.9 Å². The van der Waals surface area contributed by atoms with Crippen LogP contribution in [-0.4, -0.2) is 11.9 Å². The smallest absolute Gasteiger partial charge is 0.280 e. The highest BCUT2D eigenvalue weighted by Crippen LogP contribution is 2.14. The van der Waals surface area contributed by atoms with Crippen LogP contribution in [0, 0.1) is 6.92 Å². The third-order valence-electron chi connectivity index (χ3n) is 2.17. The Morgan fingerprint density at radius 3 is 2.71 bits per heavy atom. The Kier molecular flexibility index (Phi) is 4.22. The van der Waals surface area contributed by atoms with Crippen LogP contribution in [0.3, 0.4) is 0 Å². The Morgan fingerprint density at radius 2 is 2.12 bits per heavy atom. The van der Waals surface area contributed by atoms with Gasteiger partial charge in [-0.2, -0.15) is 4.99 Å². The molecule has 0 heterocycles. The summed E-state index contributed by atoms with van der Waals surface area (Å²) in [6, 6.07) is 5.28. The first-order valence-electron chi connectivity index (χ1n) is 5.08. The van der Waals surface area contributed by atoms with Gasteiger partial charge >= 0.3 is 0 Å². The number of allylic oxidation sites excluding steroid dienone is 2. The molecule has 0 atom stereocenters. The first-order valence-corrected chi connectivity index (χ1v) is 5.08. The number of hydrogen-bond acceptors (Lipinski definition) is 1. The number of carbonyl (C=O) groups is 1. The summed E-state index contributed by atoms with van der Waals surface area (Å²) in [5, 5.41) is 0. The van der Waals surface area contributed by atoms with Crippen molar-refractivity contribution in [3.05, 3.63) is 53.6 Å². The number of benzene rings is 1. The topological polar surface area (TPSA) is 81.5 Å². The van der Waals surface area contributed by atoms with E-state index in [-0.39, 0.29) is 5.96 Å². The standard InChI is InChI=1S/C13H15N3O/c1-3-4-5-10-8-11(7-6-9(10)2)12(17)16-13(14)15/h3-8H,1H2,2H3,(H4,14,15,16,17)/b5-4-. The molecular formula is C13H15N3O. The van der Waals surface area contributed by atoms with E-state index in [9.17, 15) is 4.79 Å². The fourth-order valence-corrected chi connectivity index (χ4v) is 1.31. The van der Waals surface area contributed by atoms with E-state index in [0.717, 1.165) is 11.1 Å². The number of aliphatic imine (C=N–C) groups is 1. The van der Waals surface area contributed by atoms with Gasteiger partial charge in [0.05, 0.1) is 0 Å². The number of guanidine groups is 1. The lowest BCUT2D eigenvalue weighted by atomic mass is 10.0. The summed E-state index contributed by atoms with van der Waals surface area (Å²) < 4.78 is 0. The van der Waals surface area contributed by atoms with Crippen molar-refractivity contribution in [1.82, 2.24) is 0 Å². The van der Waals surface area contributed by atoms with Gasteiger partial charge < -0.3 is 11.5 Å². The average Bonchev–Trinajstić information content (AvgIpc) is 2.27. The quantitative estimate of drug-likeness (QED) is 0.469. The molecule has 1 aromatic rings. The van der Waals surface area contributed by atoms with Gasteiger partial charge in [-0.05, 0) is 30.2 Å². The van der Waals surface area contributed by atoms with E-state index in [2.05, 4.69) is 11.6 Å². The molecule has 4 heteroatoms. The van der Waals surface area contributed by atoms with Crippen LogP contribution in [0.1, 0.15) is 21.5 Å². The first-order chi connectivity index (χ1) is 8.04. The van der Waals surface area contributed by atoms with E-state index in [1.165, 1.54) is 0 Å². The van der Waals surface area contributed by atoms with Crippen molar-refractivity contribution in [2.45, 2.75) is 6.92 Å². The molecule has 17 heavy (non-hydrogen) atoms. The molecule has 4 nitrogen and oxygen atoms in total. The largest absolute Gasteiger partial charge is 0.370 e. The van der Waals surface area contributed by atoms with Gasteiger partial charge in [-0.1, -0.05) is 30.9 Å². The van der Waals surface area contributed by atoms with Gasteiger partial charge in [0.25, 0.3) is 5.91 Å². The normalized spacial score (nSPS) is 10.2. The molecule has 0 fully saturated rings. The SMILES string of the molecule is C=C/C=C\c1cc(C(=O)N=C(N)N)ccc1C. The second-order valence-electron chi connectivity index (χ2n) is 3.51. The fourth-order valence-electron chi connectivity index (χ4n) is 1.31. The molecule has 1 aromatic carbocycles. The molecule has 0 aliphatic heterocycles. The van der Waals surface area contributed by atoms with Crippen molar-refractivity contribution in [2.75, 3.05) is 0 Å². The van der Waals surface area contributed by atoms with Gasteiger partial charge in [0.15, 0.2) is 5.96 Å². The van der Waals surface area contributed by atoms with Crippen LogP contribution >= 0.6 is 0 Å². The van der Waals surface area contributed by atoms with Crippen molar-refractivity contribution in [2.24, 2.45) is 16.5 Å². The lowest BCUT2D eigenvalue weighted by molar-refractivity contribution is 0.100. The molecule has 1 rings (SSSR count). The van der Waals surface area contributed by atoms with Gasteiger partial charge in [-0.15, -0.1) is 0 Å². The molecule has 0 aromatic heterocycles. The van der Waals surface area contributed by atoms with E-state index in [4.69, 9.17) is 11.5 Å². The van der Waals surface area contributed by atoms with Gasteiger partial charge in [0, 0.05) is 5.56 Å². The number of nitrogens with two attached hydrogens (primary N) is 2. The molecule has 0 aliphatic rings. The molecule has 88 valence electrons. The Labute approximate surface area is 100 Å². The predicted octanol–water partition coefficient (Wildman–Crippen LogP) is 1.61. The monoisotopic (exact) mass is 229 g/mol. The molecule has 0 radical (unpaired) electrons. The second kappa shape index (κ2) is 5.65. The van der Waals surface area contributed by atoms with Crippen molar-refractivity contribution in [3.63, 3.8) is 0 Å². The molecule has 0 bridgehead atoms. The minimum Gasteiger partial charge on any atom is -0.370 e. The predicted molar refractivity (Wildman–Crippen MR) is 70.6 cm³/mol. The Balaban J connectivity index is 3.12. The summed E-state index contributed by atoms with van der Waals surface area (Å²) in [5.74, 6) is -0.683. The molecule has 0 unspecified atom stereocenters. The molecular weight excluding hydrogens is 214 g/mol. The molecule has 4 N–H and O–H groups in total. The number of rotatable bonds is 3. The zero-order chi connectivity index (χ0) is 12.8. The van der Waals surface area contributed by atoms with E-state index in [1.807, 2.05) is 19.1 Å². The summed E-state index contributed by atoms with van der Waals surface area (Å²) in [6.07, 6.45) is 5.34. The maximum atomic E-state index is 11.6. The summed E-state index contributed by atoms with van der Waals surface area (Å²) in [5.41, 5.74) is 12.8. The minimum atomic E-state index is -0.446. The van der Waals surface area contributed by atoms with Crippen LogP contribution in [-0.2, 0) is 0 Å². The summed E-state index contributed by atoms with van der Waals surface area (Å²) >= 11 is 0.